The molecule has 31 heavy (non-hydrogen) atoms. The van der Waals surface area contributed by atoms with Gasteiger partial charge in [0.15, 0.2) is 0 Å². The van der Waals surface area contributed by atoms with E-state index in [1.165, 1.54) is 12.1 Å². The van der Waals surface area contributed by atoms with Crippen LogP contribution >= 0.6 is 0 Å². The number of halogens is 1. The minimum Gasteiger partial charge on any atom is -0.386 e. The smallest absolute Gasteiger partial charge is 0.123 e. The van der Waals surface area contributed by atoms with Crippen molar-refractivity contribution in [2.75, 3.05) is 18.0 Å². The summed E-state index contributed by atoms with van der Waals surface area (Å²) < 4.78 is 13.3. The zero-order chi connectivity index (χ0) is 22.0. The predicted octanol–water partition coefficient (Wildman–Crippen LogP) is 4.15. The first kappa shape index (κ1) is 21.4. The maximum absolute atomic E-state index is 13.3. The summed E-state index contributed by atoms with van der Waals surface area (Å²) in [6.45, 7) is 7.47. The number of β-amino-alcohol motifs (C(OH)–C–C–N with tert-alkyl or cyclic N) is 1. The van der Waals surface area contributed by atoms with E-state index in [1.807, 2.05) is 12.1 Å². The molecule has 1 atom stereocenters. The topological polar surface area (TPSA) is 62.1 Å². The van der Waals surface area contributed by atoms with Crippen molar-refractivity contribution in [3.05, 3.63) is 83.5 Å². The average molecular weight is 421 g/mol. The maximum atomic E-state index is 13.3. The summed E-state index contributed by atoms with van der Waals surface area (Å²) >= 11 is 0. The molecular weight excluding hydrogens is 391 g/mol. The van der Waals surface area contributed by atoms with E-state index in [9.17, 15) is 9.50 Å². The predicted molar refractivity (Wildman–Crippen MR) is 120 cm³/mol. The number of aromatic nitrogens is 3. The van der Waals surface area contributed by atoms with Crippen LogP contribution in [0.15, 0.2) is 55.0 Å². The zero-order valence-corrected chi connectivity index (χ0v) is 18.3. The molecule has 1 fully saturated rings. The molecule has 0 unspecified atom stereocenters. The summed E-state index contributed by atoms with van der Waals surface area (Å²) in [7, 11) is 0. The molecule has 2 aromatic heterocycles. The molecule has 0 spiro atoms. The summed E-state index contributed by atoms with van der Waals surface area (Å²) in [6, 6.07) is 10.9. The van der Waals surface area contributed by atoms with Gasteiger partial charge in [-0.1, -0.05) is 32.9 Å². The van der Waals surface area contributed by atoms with Crippen LogP contribution in [0.4, 0.5) is 10.1 Å². The van der Waals surface area contributed by atoms with Crippen molar-refractivity contribution in [1.29, 1.82) is 0 Å². The minimum absolute atomic E-state index is 0.205. The molecule has 0 bridgehead atoms. The third-order valence-electron chi connectivity index (χ3n) is 6.22. The molecule has 3 aromatic rings. The van der Waals surface area contributed by atoms with Crippen LogP contribution in [-0.2, 0) is 12.8 Å². The van der Waals surface area contributed by atoms with Crippen molar-refractivity contribution in [2.24, 2.45) is 5.92 Å². The van der Waals surface area contributed by atoms with Gasteiger partial charge < -0.3 is 10.0 Å². The fourth-order valence-corrected chi connectivity index (χ4v) is 4.00. The van der Waals surface area contributed by atoms with E-state index >= 15 is 0 Å². The van der Waals surface area contributed by atoms with Crippen molar-refractivity contribution in [1.82, 2.24) is 15.0 Å². The van der Waals surface area contributed by atoms with Gasteiger partial charge in [-0.3, -0.25) is 15.0 Å². The van der Waals surface area contributed by atoms with E-state index < -0.39 is 5.60 Å². The lowest BCUT2D eigenvalue weighted by Gasteiger charge is -2.50. The van der Waals surface area contributed by atoms with Crippen LogP contribution in [0.5, 0.6) is 0 Å². The Balaban J connectivity index is 1.59. The van der Waals surface area contributed by atoms with Crippen LogP contribution in [0.25, 0.3) is 0 Å². The maximum Gasteiger partial charge on any atom is 0.123 e. The molecule has 6 heteroatoms. The second kappa shape index (κ2) is 8.71. The Morgan fingerprint density at radius 1 is 1.03 bits per heavy atom. The number of rotatable bonds is 7. The van der Waals surface area contributed by atoms with Gasteiger partial charge in [-0.2, -0.15) is 0 Å². The number of aliphatic hydroxyl groups is 1. The van der Waals surface area contributed by atoms with E-state index in [4.69, 9.17) is 4.98 Å². The van der Waals surface area contributed by atoms with E-state index in [-0.39, 0.29) is 17.7 Å². The van der Waals surface area contributed by atoms with Gasteiger partial charge in [-0.05, 0) is 48.1 Å². The fraction of sp³-hybridized carbons (Fsp3) is 0.400. The summed E-state index contributed by atoms with van der Waals surface area (Å²) in [5.74, 6) is 0.192. The van der Waals surface area contributed by atoms with Gasteiger partial charge in [-0.15, -0.1) is 0 Å². The van der Waals surface area contributed by atoms with Gasteiger partial charge in [0.05, 0.1) is 5.69 Å². The Bertz CT molecular complexity index is 1020. The number of hydrogen-bond acceptors (Lipinski definition) is 5. The lowest BCUT2D eigenvalue weighted by atomic mass is 9.82. The Hall–Kier alpha value is -2.86. The number of hydrogen-bond donors (Lipinski definition) is 1. The number of nitrogens with zero attached hydrogens (tertiary/aromatic N) is 4. The molecule has 162 valence electrons. The standard InChI is InChI=1S/C25H29FN4O/c1-17(2)25(31)15-30(16-25)24-12-21(10-18(3)19-4-6-20(26)7-5-19)29-22(13-24)11-23-14-27-8-9-28-23/h4-9,12-14,17-18,31H,10-11,15-16H2,1-3H3/t18-/m1/s1. The van der Waals surface area contributed by atoms with Crippen molar-refractivity contribution >= 4 is 5.69 Å². The third kappa shape index (κ3) is 4.90. The first-order valence-corrected chi connectivity index (χ1v) is 10.8. The van der Waals surface area contributed by atoms with Crippen molar-refractivity contribution in [3.8, 4) is 0 Å². The second-order valence-electron chi connectivity index (χ2n) is 8.95. The molecule has 3 heterocycles. The summed E-state index contributed by atoms with van der Waals surface area (Å²) in [4.78, 5) is 15.6. The largest absolute Gasteiger partial charge is 0.386 e. The molecule has 0 aliphatic carbocycles. The van der Waals surface area contributed by atoms with E-state index in [2.05, 4.69) is 47.8 Å². The number of pyridine rings is 1. The molecule has 4 rings (SSSR count). The van der Waals surface area contributed by atoms with E-state index in [0.29, 0.717) is 19.5 Å². The summed E-state index contributed by atoms with van der Waals surface area (Å²) in [5, 5.41) is 10.7. The Kier molecular flexibility index (Phi) is 6.01. The first-order valence-electron chi connectivity index (χ1n) is 10.8. The highest BCUT2D eigenvalue weighted by Crippen LogP contribution is 2.34. The van der Waals surface area contributed by atoms with Crippen LogP contribution in [0.1, 0.15) is 49.3 Å². The Labute approximate surface area is 183 Å². The first-order chi connectivity index (χ1) is 14.8. The molecule has 1 aliphatic rings. The highest BCUT2D eigenvalue weighted by Gasteiger charge is 2.43. The Morgan fingerprint density at radius 3 is 2.39 bits per heavy atom. The van der Waals surface area contributed by atoms with Crippen molar-refractivity contribution in [3.63, 3.8) is 0 Å². The molecule has 0 radical (unpaired) electrons. The molecular formula is C25H29FN4O. The number of benzene rings is 1. The van der Waals surface area contributed by atoms with E-state index in [0.717, 1.165) is 34.8 Å². The van der Waals surface area contributed by atoms with Gasteiger partial charge in [0, 0.05) is 55.2 Å². The zero-order valence-electron chi connectivity index (χ0n) is 18.3. The molecule has 0 saturated carbocycles. The number of anilines is 1. The quantitative estimate of drug-likeness (QED) is 0.622. The molecule has 0 amide bonds. The van der Waals surface area contributed by atoms with Gasteiger partial charge >= 0.3 is 0 Å². The van der Waals surface area contributed by atoms with Crippen molar-refractivity contribution in [2.45, 2.75) is 45.1 Å². The molecule has 1 N–H and O–H groups in total. The fourth-order valence-electron chi connectivity index (χ4n) is 4.00. The van der Waals surface area contributed by atoms with Crippen molar-refractivity contribution < 1.29 is 9.50 Å². The molecule has 1 aliphatic heterocycles. The molecule has 5 nitrogen and oxygen atoms in total. The summed E-state index contributed by atoms with van der Waals surface area (Å²) in [6.07, 6.45) is 6.46. The SMILES string of the molecule is CC(C)C1(O)CN(c2cc(Cc3cnccn3)nc(C[C@@H](C)c3ccc(F)cc3)c2)C1. The molecule has 1 aromatic carbocycles. The lowest BCUT2D eigenvalue weighted by Crippen LogP contribution is -2.64. The average Bonchev–Trinajstić information content (AvgIpc) is 2.72. The highest BCUT2D eigenvalue weighted by molar-refractivity contribution is 5.53. The highest BCUT2D eigenvalue weighted by atomic mass is 19.1. The molecule has 1 saturated heterocycles. The van der Waals surface area contributed by atoms with Gasteiger partial charge in [0.1, 0.15) is 11.4 Å². The van der Waals surface area contributed by atoms with Gasteiger partial charge in [-0.25, -0.2) is 4.39 Å². The second-order valence-corrected chi connectivity index (χ2v) is 8.95. The van der Waals surface area contributed by atoms with Crippen LogP contribution in [0.2, 0.25) is 0 Å². The van der Waals surface area contributed by atoms with E-state index in [1.54, 1.807) is 18.6 Å². The van der Waals surface area contributed by atoms with Crippen LogP contribution in [0.3, 0.4) is 0 Å². The normalized spacial score (nSPS) is 16.3. The third-order valence-corrected chi connectivity index (χ3v) is 6.22. The van der Waals surface area contributed by atoms with Crippen LogP contribution < -0.4 is 4.90 Å². The Morgan fingerprint density at radius 2 is 1.74 bits per heavy atom. The van der Waals surface area contributed by atoms with Gasteiger partial charge in [0.2, 0.25) is 0 Å². The van der Waals surface area contributed by atoms with Gasteiger partial charge in [0.25, 0.3) is 0 Å². The summed E-state index contributed by atoms with van der Waals surface area (Å²) in [5.41, 5.74) is 4.29. The van der Waals surface area contributed by atoms with Crippen LogP contribution in [-0.4, -0.2) is 38.7 Å². The minimum atomic E-state index is -0.643. The monoisotopic (exact) mass is 420 g/mol. The van der Waals surface area contributed by atoms with Crippen LogP contribution in [0, 0.1) is 11.7 Å². The lowest BCUT2D eigenvalue weighted by molar-refractivity contribution is -0.0300.